The Hall–Kier alpha value is -0.900. The summed E-state index contributed by atoms with van der Waals surface area (Å²) in [6, 6.07) is 0. The molecule has 0 aliphatic carbocycles. The quantitative estimate of drug-likeness (QED) is 0.746. The Labute approximate surface area is 121 Å². The molecule has 0 N–H and O–H groups in total. The average molecular weight is 282 g/mol. The predicted molar refractivity (Wildman–Crippen MR) is 86.8 cm³/mol. The van der Waals surface area contributed by atoms with E-state index in [4.69, 9.17) is 12.2 Å². The standard InChI is InChI=1S/C15H26N2OS/c1-7-17(8-2)12-11(13(18)14(12)19)16(6)10-9-15(3,4)5/h7-10H2,1-6H3. The van der Waals surface area contributed by atoms with Gasteiger partial charge >= 0.3 is 0 Å². The first-order chi connectivity index (χ1) is 8.72. The van der Waals surface area contributed by atoms with Crippen LogP contribution in [0.4, 0.5) is 11.4 Å². The molecule has 1 aromatic rings. The maximum atomic E-state index is 12.0. The van der Waals surface area contributed by atoms with Crippen molar-refractivity contribution in [2.24, 2.45) is 5.41 Å². The van der Waals surface area contributed by atoms with Gasteiger partial charge in [0.15, 0.2) is 0 Å². The van der Waals surface area contributed by atoms with Gasteiger partial charge in [-0.2, -0.15) is 0 Å². The number of nitrogens with zero attached hydrogens (tertiary/aromatic N) is 2. The highest BCUT2D eigenvalue weighted by atomic mass is 32.1. The molecule has 0 radical (unpaired) electrons. The van der Waals surface area contributed by atoms with Gasteiger partial charge in [0.2, 0.25) is 5.43 Å². The lowest BCUT2D eigenvalue weighted by atomic mass is 9.92. The summed E-state index contributed by atoms with van der Waals surface area (Å²) in [5.41, 5.74) is 2.09. The molecule has 0 saturated heterocycles. The van der Waals surface area contributed by atoms with Crippen LogP contribution in [0.15, 0.2) is 4.79 Å². The summed E-state index contributed by atoms with van der Waals surface area (Å²) in [6.45, 7) is 13.5. The van der Waals surface area contributed by atoms with E-state index < -0.39 is 0 Å². The SMILES string of the molecule is CCN(CC)c1c(N(C)CCC(C)(C)C)c(=O)c1=S. The van der Waals surface area contributed by atoms with E-state index in [0.29, 0.717) is 4.51 Å². The van der Waals surface area contributed by atoms with Crippen molar-refractivity contribution in [1.29, 1.82) is 0 Å². The Balaban J connectivity index is 2.92. The minimum Gasteiger partial charge on any atom is -0.370 e. The minimum atomic E-state index is 0.0355. The number of hydrogen-bond acceptors (Lipinski definition) is 4. The van der Waals surface area contributed by atoms with Crippen LogP contribution < -0.4 is 15.2 Å². The maximum Gasteiger partial charge on any atom is 0.224 e. The van der Waals surface area contributed by atoms with E-state index in [2.05, 4.69) is 44.4 Å². The lowest BCUT2D eigenvalue weighted by Gasteiger charge is -2.32. The van der Waals surface area contributed by atoms with E-state index in [1.54, 1.807) is 0 Å². The molecule has 0 spiro atoms. The van der Waals surface area contributed by atoms with Crippen LogP contribution in [0.3, 0.4) is 0 Å². The van der Waals surface area contributed by atoms with Gasteiger partial charge in [-0.25, -0.2) is 0 Å². The van der Waals surface area contributed by atoms with Crippen LogP contribution >= 0.6 is 12.2 Å². The lowest BCUT2D eigenvalue weighted by Crippen LogP contribution is -2.36. The highest BCUT2D eigenvalue weighted by Crippen LogP contribution is 2.31. The van der Waals surface area contributed by atoms with Crippen molar-refractivity contribution < 1.29 is 0 Å². The second kappa shape index (κ2) is 6.04. The number of hydrogen-bond donors (Lipinski definition) is 0. The van der Waals surface area contributed by atoms with E-state index in [0.717, 1.165) is 37.4 Å². The summed E-state index contributed by atoms with van der Waals surface area (Å²) >= 11 is 5.21. The molecule has 0 unspecified atom stereocenters. The first-order valence-electron chi connectivity index (χ1n) is 7.02. The Morgan fingerprint density at radius 2 is 1.63 bits per heavy atom. The molecule has 3 nitrogen and oxygen atoms in total. The smallest absolute Gasteiger partial charge is 0.224 e. The molecule has 0 bridgehead atoms. The van der Waals surface area contributed by atoms with Crippen LogP contribution in [-0.2, 0) is 0 Å². The fourth-order valence-electron chi connectivity index (χ4n) is 2.17. The molecule has 1 aromatic carbocycles. The Morgan fingerprint density at radius 1 is 1.11 bits per heavy atom. The monoisotopic (exact) mass is 282 g/mol. The molecule has 0 atom stereocenters. The fourth-order valence-corrected chi connectivity index (χ4v) is 2.49. The molecule has 4 heteroatoms. The van der Waals surface area contributed by atoms with Crippen LogP contribution in [-0.4, -0.2) is 26.7 Å². The van der Waals surface area contributed by atoms with Gasteiger partial charge in [-0.05, 0) is 25.7 Å². The van der Waals surface area contributed by atoms with Crippen LogP contribution in [0.5, 0.6) is 0 Å². The van der Waals surface area contributed by atoms with Crippen molar-refractivity contribution in [3.8, 4) is 0 Å². The zero-order valence-corrected chi connectivity index (χ0v) is 13.9. The summed E-state index contributed by atoms with van der Waals surface area (Å²) in [5, 5.41) is 0. The molecule has 0 aromatic heterocycles. The Bertz CT molecular complexity index is 491. The van der Waals surface area contributed by atoms with Crippen molar-refractivity contribution in [1.82, 2.24) is 0 Å². The highest BCUT2D eigenvalue weighted by molar-refractivity contribution is 7.71. The lowest BCUT2D eigenvalue weighted by molar-refractivity contribution is 0.381. The van der Waals surface area contributed by atoms with Crippen molar-refractivity contribution in [3.05, 3.63) is 14.7 Å². The van der Waals surface area contributed by atoms with Gasteiger partial charge in [-0.1, -0.05) is 33.0 Å². The predicted octanol–water partition coefficient (Wildman–Crippen LogP) is 3.37. The van der Waals surface area contributed by atoms with Crippen LogP contribution in [0.25, 0.3) is 0 Å². The van der Waals surface area contributed by atoms with Gasteiger partial charge in [0.1, 0.15) is 10.2 Å². The van der Waals surface area contributed by atoms with Crippen molar-refractivity contribution in [3.63, 3.8) is 0 Å². The first-order valence-corrected chi connectivity index (χ1v) is 7.43. The molecule has 0 aliphatic rings. The zero-order chi connectivity index (χ0) is 14.8. The summed E-state index contributed by atoms with van der Waals surface area (Å²) in [5.74, 6) is 0. The molecule has 1 rings (SSSR count). The molecule has 0 amide bonds. The van der Waals surface area contributed by atoms with E-state index in [-0.39, 0.29) is 10.8 Å². The largest absolute Gasteiger partial charge is 0.370 e. The normalized spacial score (nSPS) is 11.9. The molecule has 19 heavy (non-hydrogen) atoms. The van der Waals surface area contributed by atoms with E-state index in [9.17, 15) is 4.79 Å². The van der Waals surface area contributed by atoms with E-state index >= 15 is 0 Å². The molecule has 0 aliphatic heterocycles. The van der Waals surface area contributed by atoms with Gasteiger partial charge in [-0.3, -0.25) is 4.79 Å². The van der Waals surface area contributed by atoms with Gasteiger partial charge < -0.3 is 9.80 Å². The van der Waals surface area contributed by atoms with Crippen molar-refractivity contribution in [2.75, 3.05) is 36.5 Å². The third-order valence-corrected chi connectivity index (χ3v) is 3.90. The van der Waals surface area contributed by atoms with Crippen LogP contribution in [0.1, 0.15) is 41.0 Å². The van der Waals surface area contributed by atoms with Gasteiger partial charge in [0.05, 0.1) is 5.69 Å². The molecule has 108 valence electrons. The summed E-state index contributed by atoms with van der Waals surface area (Å²) < 4.78 is 0.501. The van der Waals surface area contributed by atoms with E-state index in [1.807, 2.05) is 7.05 Å². The molecular weight excluding hydrogens is 256 g/mol. The third kappa shape index (κ3) is 3.56. The number of anilines is 2. The zero-order valence-electron chi connectivity index (χ0n) is 13.0. The Kier molecular flexibility index (Phi) is 5.13. The highest BCUT2D eigenvalue weighted by Gasteiger charge is 2.25. The summed E-state index contributed by atoms with van der Waals surface area (Å²) in [4.78, 5) is 16.2. The molecular formula is C15H26N2OS. The average Bonchev–Trinajstić information content (AvgIpc) is 2.34. The summed E-state index contributed by atoms with van der Waals surface area (Å²) in [7, 11) is 1.99. The van der Waals surface area contributed by atoms with Crippen LogP contribution in [0, 0.1) is 9.93 Å². The second-order valence-electron chi connectivity index (χ2n) is 6.26. The van der Waals surface area contributed by atoms with Crippen molar-refractivity contribution >= 4 is 23.6 Å². The topological polar surface area (TPSA) is 23.6 Å². The Morgan fingerprint density at radius 3 is 2.05 bits per heavy atom. The van der Waals surface area contributed by atoms with Crippen LogP contribution in [0.2, 0.25) is 0 Å². The van der Waals surface area contributed by atoms with Gasteiger partial charge in [0, 0.05) is 26.7 Å². The molecule has 0 heterocycles. The van der Waals surface area contributed by atoms with Crippen molar-refractivity contribution in [2.45, 2.75) is 41.0 Å². The summed E-state index contributed by atoms with van der Waals surface area (Å²) in [6.07, 6.45) is 1.05. The second-order valence-corrected chi connectivity index (χ2v) is 6.67. The fraction of sp³-hybridized carbons (Fsp3) is 0.733. The van der Waals surface area contributed by atoms with Gasteiger partial charge in [0.25, 0.3) is 0 Å². The third-order valence-electron chi connectivity index (χ3n) is 3.52. The molecule has 0 fully saturated rings. The molecule has 0 saturated carbocycles. The first kappa shape index (κ1) is 16.2. The van der Waals surface area contributed by atoms with E-state index in [1.165, 1.54) is 0 Å². The maximum absolute atomic E-state index is 12.0. The number of rotatable bonds is 6. The minimum absolute atomic E-state index is 0.0355. The van der Waals surface area contributed by atoms with Gasteiger partial charge in [-0.15, -0.1) is 0 Å².